The van der Waals surface area contributed by atoms with Crippen LogP contribution in [-0.2, 0) is 12.7 Å². The highest BCUT2D eigenvalue weighted by atomic mass is 32.1. The maximum absolute atomic E-state index is 17.0. The van der Waals surface area contributed by atoms with Crippen LogP contribution in [0.2, 0.25) is 0 Å². The number of nitrogens with two attached hydrogens (primary N) is 1. The standard InChI is InChI=1S/C32H36F5N7O3S/c1-17-11-43(12-18(2)41(17)5)24-10-22(33)27(19-7-6-8-42(13-19)31(47)23-16-48-25(39-23)15-40(3)4)28(34)29(24)44-14-20(30(38)46)21(9-26(44)45)32(35,36)37/h7,9-10,14,16-18H,6,8,11-13,15H2,1-5H3,(H2,38,46)/t17-,18+. The van der Waals surface area contributed by atoms with Crippen molar-refractivity contribution in [3.63, 3.8) is 0 Å². The molecule has 16 heteroatoms. The van der Waals surface area contributed by atoms with Crippen molar-refractivity contribution in [3.05, 3.63) is 79.2 Å². The Morgan fingerprint density at radius 3 is 2.40 bits per heavy atom. The third-order valence-corrected chi connectivity index (χ3v) is 9.55. The van der Waals surface area contributed by atoms with E-state index in [9.17, 15) is 27.6 Å². The monoisotopic (exact) mass is 693 g/mol. The molecule has 1 fully saturated rings. The Labute approximate surface area is 277 Å². The van der Waals surface area contributed by atoms with Gasteiger partial charge >= 0.3 is 6.18 Å². The molecule has 0 saturated carbocycles. The van der Waals surface area contributed by atoms with E-state index >= 15 is 8.78 Å². The zero-order valence-corrected chi connectivity index (χ0v) is 27.9. The largest absolute Gasteiger partial charge is 0.417 e. The highest BCUT2D eigenvalue weighted by molar-refractivity contribution is 7.09. The average Bonchev–Trinajstić information content (AvgIpc) is 3.46. The summed E-state index contributed by atoms with van der Waals surface area (Å²) in [6.07, 6.45) is -2.71. The van der Waals surface area contributed by atoms with Gasteiger partial charge in [0, 0.05) is 68.5 Å². The molecular weight excluding hydrogens is 657 g/mol. The predicted octanol–water partition coefficient (Wildman–Crippen LogP) is 4.21. The molecule has 0 radical (unpaired) electrons. The zero-order chi connectivity index (χ0) is 35.2. The van der Waals surface area contributed by atoms with E-state index in [0.29, 0.717) is 17.3 Å². The van der Waals surface area contributed by atoms with Crippen LogP contribution < -0.4 is 16.2 Å². The molecule has 258 valence electrons. The number of rotatable bonds is 7. The minimum Gasteiger partial charge on any atom is -0.367 e. The molecular formula is C32H36F5N7O3S. The van der Waals surface area contributed by atoms with Crippen LogP contribution in [0.3, 0.4) is 0 Å². The number of likely N-dealkylation sites (N-methyl/N-ethyl adjacent to an activating group) is 1. The van der Waals surface area contributed by atoms with Crippen LogP contribution in [-0.4, -0.2) is 95.5 Å². The molecule has 1 aromatic carbocycles. The van der Waals surface area contributed by atoms with E-state index in [-0.39, 0.29) is 67.7 Å². The molecule has 2 N–H and O–H groups in total. The first-order valence-electron chi connectivity index (χ1n) is 15.2. The lowest BCUT2D eigenvalue weighted by Crippen LogP contribution is -2.55. The topological polar surface area (TPSA) is 108 Å². The summed E-state index contributed by atoms with van der Waals surface area (Å²) in [5.41, 5.74) is 0.516. The fourth-order valence-corrected chi connectivity index (χ4v) is 7.00. The van der Waals surface area contributed by atoms with Gasteiger partial charge in [0.25, 0.3) is 17.4 Å². The van der Waals surface area contributed by atoms with Crippen LogP contribution in [0.5, 0.6) is 0 Å². The maximum Gasteiger partial charge on any atom is 0.417 e. The van der Waals surface area contributed by atoms with Crippen LogP contribution in [0.15, 0.2) is 34.6 Å². The second-order valence-corrected chi connectivity index (χ2v) is 13.4. The number of carbonyl (C=O) groups is 2. The number of carbonyl (C=O) groups excluding carboxylic acids is 2. The number of amides is 2. The molecule has 2 aliphatic heterocycles. The number of pyridine rings is 1. The summed E-state index contributed by atoms with van der Waals surface area (Å²) < 4.78 is 75.1. The normalized spacial score (nSPS) is 19.2. The quantitative estimate of drug-likeness (QED) is 0.370. The summed E-state index contributed by atoms with van der Waals surface area (Å²) in [5.74, 6) is -4.13. The van der Waals surface area contributed by atoms with E-state index in [4.69, 9.17) is 5.73 Å². The molecule has 48 heavy (non-hydrogen) atoms. The molecule has 5 rings (SSSR count). The molecule has 2 amide bonds. The van der Waals surface area contributed by atoms with Gasteiger partial charge in [-0.05, 0) is 47.0 Å². The average molecular weight is 694 g/mol. The second kappa shape index (κ2) is 13.4. The molecule has 1 saturated heterocycles. The van der Waals surface area contributed by atoms with Crippen molar-refractivity contribution in [2.45, 2.75) is 45.1 Å². The lowest BCUT2D eigenvalue weighted by Gasteiger charge is -2.44. The van der Waals surface area contributed by atoms with Gasteiger partial charge in [0.05, 0.1) is 22.4 Å². The summed E-state index contributed by atoms with van der Waals surface area (Å²) >= 11 is 1.32. The lowest BCUT2D eigenvalue weighted by molar-refractivity contribution is -0.138. The van der Waals surface area contributed by atoms with Gasteiger partial charge in [-0.2, -0.15) is 13.2 Å². The highest BCUT2D eigenvalue weighted by Gasteiger charge is 2.38. The van der Waals surface area contributed by atoms with Gasteiger partial charge in [0.15, 0.2) is 5.82 Å². The van der Waals surface area contributed by atoms with Crippen molar-refractivity contribution < 1.29 is 31.5 Å². The fourth-order valence-electron chi connectivity index (χ4n) is 6.11. The Kier molecular flexibility index (Phi) is 9.81. The summed E-state index contributed by atoms with van der Waals surface area (Å²) in [6, 6.07) is 1.03. The number of thiazole rings is 1. The molecule has 2 aromatic heterocycles. The number of primary amides is 1. The van der Waals surface area contributed by atoms with Crippen LogP contribution in [0, 0.1) is 11.6 Å². The van der Waals surface area contributed by atoms with Gasteiger partial charge in [-0.3, -0.25) is 23.9 Å². The maximum atomic E-state index is 17.0. The third kappa shape index (κ3) is 6.87. The van der Waals surface area contributed by atoms with E-state index in [0.717, 1.165) is 11.1 Å². The molecule has 2 atom stereocenters. The number of anilines is 1. The number of nitrogens with zero attached hydrogens (tertiary/aromatic N) is 6. The van der Waals surface area contributed by atoms with Crippen LogP contribution >= 0.6 is 11.3 Å². The van der Waals surface area contributed by atoms with Crippen molar-refractivity contribution in [3.8, 4) is 5.69 Å². The number of benzene rings is 1. The Hall–Kier alpha value is -4.15. The minimum atomic E-state index is -5.10. The third-order valence-electron chi connectivity index (χ3n) is 8.72. The SMILES string of the molecule is C[C@@H]1CN(c2cc(F)c(C3=CCCN(C(=O)c4csc(CN(C)C)n4)C3)c(F)c2-n2cc(C(N)=O)c(C(F)(F)F)cc2=O)C[C@H](C)N1C. The van der Waals surface area contributed by atoms with E-state index in [1.54, 1.807) is 16.4 Å². The van der Waals surface area contributed by atoms with Crippen molar-refractivity contribution in [2.24, 2.45) is 5.73 Å². The molecule has 0 unspecified atom stereocenters. The zero-order valence-electron chi connectivity index (χ0n) is 27.1. The number of halogens is 5. The molecule has 10 nitrogen and oxygen atoms in total. The summed E-state index contributed by atoms with van der Waals surface area (Å²) in [7, 11) is 5.63. The molecule has 4 heterocycles. The first-order chi connectivity index (χ1) is 22.5. The summed E-state index contributed by atoms with van der Waals surface area (Å²) in [5, 5.41) is 2.34. The highest BCUT2D eigenvalue weighted by Crippen LogP contribution is 2.38. The van der Waals surface area contributed by atoms with Gasteiger partial charge in [0.1, 0.15) is 22.2 Å². The van der Waals surface area contributed by atoms with Gasteiger partial charge in [-0.15, -0.1) is 11.3 Å². The number of hydrogen-bond donors (Lipinski definition) is 1. The van der Waals surface area contributed by atoms with Crippen LogP contribution in [0.4, 0.5) is 27.6 Å². The Morgan fingerprint density at radius 1 is 1.12 bits per heavy atom. The van der Waals surface area contributed by atoms with Crippen molar-refractivity contribution in [1.82, 2.24) is 24.3 Å². The van der Waals surface area contributed by atoms with E-state index in [1.807, 2.05) is 39.9 Å². The molecule has 2 aliphatic rings. The van der Waals surface area contributed by atoms with Crippen molar-refractivity contribution >= 4 is 34.4 Å². The van der Waals surface area contributed by atoms with Crippen LogP contribution in [0.1, 0.15) is 57.2 Å². The number of alkyl halides is 3. The van der Waals surface area contributed by atoms with Crippen LogP contribution in [0.25, 0.3) is 11.3 Å². The van der Waals surface area contributed by atoms with Crippen molar-refractivity contribution in [2.75, 3.05) is 52.2 Å². The Morgan fingerprint density at radius 2 is 1.79 bits per heavy atom. The number of piperazine rings is 1. The summed E-state index contributed by atoms with van der Waals surface area (Å²) in [4.78, 5) is 50.3. The van der Waals surface area contributed by atoms with E-state index in [2.05, 4.69) is 9.88 Å². The van der Waals surface area contributed by atoms with E-state index in [1.165, 1.54) is 16.2 Å². The molecule has 0 aliphatic carbocycles. The minimum absolute atomic E-state index is 0.0851. The lowest BCUT2D eigenvalue weighted by atomic mass is 9.97. The first kappa shape index (κ1) is 35.2. The second-order valence-electron chi connectivity index (χ2n) is 12.5. The van der Waals surface area contributed by atoms with Gasteiger partial charge in [0.2, 0.25) is 0 Å². The number of aromatic nitrogens is 2. The molecule has 0 bridgehead atoms. The van der Waals surface area contributed by atoms with Gasteiger partial charge < -0.3 is 20.4 Å². The fraction of sp³-hybridized carbons (Fsp3) is 0.438. The smallest absolute Gasteiger partial charge is 0.367 e. The predicted molar refractivity (Wildman–Crippen MR) is 172 cm³/mol. The van der Waals surface area contributed by atoms with Gasteiger partial charge in [-0.25, -0.2) is 13.8 Å². The molecule has 3 aromatic rings. The van der Waals surface area contributed by atoms with Gasteiger partial charge in [-0.1, -0.05) is 6.08 Å². The summed E-state index contributed by atoms with van der Waals surface area (Å²) in [6.45, 7) is 4.96. The Balaban J connectivity index is 1.64. The first-order valence-corrected chi connectivity index (χ1v) is 16.1. The molecule has 0 spiro atoms. The van der Waals surface area contributed by atoms with E-state index < -0.39 is 57.6 Å². The van der Waals surface area contributed by atoms with Crippen molar-refractivity contribution in [1.29, 1.82) is 0 Å². The number of hydrogen-bond acceptors (Lipinski definition) is 8. The Bertz CT molecular complexity index is 1830.